The van der Waals surface area contributed by atoms with Crippen molar-refractivity contribution in [2.24, 2.45) is 0 Å². The average Bonchev–Trinajstić information content (AvgIpc) is 3.25. The van der Waals surface area contributed by atoms with Crippen molar-refractivity contribution in [3.63, 3.8) is 0 Å². The minimum absolute atomic E-state index is 0.214. The van der Waals surface area contributed by atoms with Crippen LogP contribution in [0.15, 0.2) is 6.33 Å². The summed E-state index contributed by atoms with van der Waals surface area (Å²) >= 11 is 0. The minimum Gasteiger partial charge on any atom is -0.450 e. The van der Waals surface area contributed by atoms with E-state index in [1.54, 1.807) is 23.0 Å². The van der Waals surface area contributed by atoms with E-state index in [1.807, 2.05) is 20.8 Å². The second kappa shape index (κ2) is 13.0. The van der Waals surface area contributed by atoms with Crippen molar-refractivity contribution in [3.8, 4) is 0 Å². The number of tetrazole rings is 1. The first kappa shape index (κ1) is 20.3. The molecule has 22 heavy (non-hydrogen) atoms. The van der Waals surface area contributed by atoms with Crippen molar-refractivity contribution < 1.29 is 9.53 Å². The van der Waals surface area contributed by atoms with E-state index in [-0.39, 0.29) is 6.09 Å². The van der Waals surface area contributed by atoms with Crippen molar-refractivity contribution in [3.05, 3.63) is 6.33 Å². The van der Waals surface area contributed by atoms with Gasteiger partial charge in [0.2, 0.25) is 0 Å². The Hall–Kier alpha value is -1.66. The summed E-state index contributed by atoms with van der Waals surface area (Å²) in [6, 6.07) is 0.616. The van der Waals surface area contributed by atoms with Crippen LogP contribution < -0.4 is 0 Å². The maximum atomic E-state index is 11.0. The monoisotopic (exact) mass is 313 g/mol. The topological polar surface area (TPSA) is 73.1 Å². The maximum absolute atomic E-state index is 11.0. The van der Waals surface area contributed by atoms with Gasteiger partial charge in [0.15, 0.2) is 0 Å². The minimum atomic E-state index is -0.214. The summed E-state index contributed by atoms with van der Waals surface area (Å²) in [6.07, 6.45) is 7.34. The van der Waals surface area contributed by atoms with Gasteiger partial charge in [-0.2, -0.15) is 0 Å². The van der Waals surface area contributed by atoms with Crippen molar-refractivity contribution in [1.82, 2.24) is 25.1 Å². The number of hydrogen-bond donors (Lipinski definition) is 0. The van der Waals surface area contributed by atoms with Crippen molar-refractivity contribution in [2.45, 2.75) is 65.8 Å². The number of carbonyl (C=O) groups excluding carboxylic acids is 1. The highest BCUT2D eigenvalue weighted by molar-refractivity contribution is 5.67. The summed E-state index contributed by atoms with van der Waals surface area (Å²) in [5.41, 5.74) is 0. The first-order valence-corrected chi connectivity index (χ1v) is 8.29. The van der Waals surface area contributed by atoms with Crippen LogP contribution in [0.1, 0.15) is 65.8 Å². The molecule has 0 saturated heterocycles. The Morgan fingerprint density at radius 3 is 2.45 bits per heavy atom. The van der Waals surface area contributed by atoms with E-state index in [1.165, 1.54) is 25.7 Å². The SMILES string of the molecule is CC.CCCCCN(C)C(=O)OCC.c1nnnn1C1CC1. The molecule has 0 N–H and O–H groups in total. The fourth-order valence-electron chi connectivity index (χ4n) is 1.60. The van der Waals surface area contributed by atoms with Crippen LogP contribution >= 0.6 is 0 Å². The van der Waals surface area contributed by atoms with Crippen LogP contribution in [0.25, 0.3) is 0 Å². The highest BCUT2D eigenvalue weighted by atomic mass is 16.5. The lowest BCUT2D eigenvalue weighted by Gasteiger charge is -2.15. The molecule has 0 aliphatic heterocycles. The lowest BCUT2D eigenvalue weighted by Crippen LogP contribution is -2.28. The smallest absolute Gasteiger partial charge is 0.409 e. The van der Waals surface area contributed by atoms with Gasteiger partial charge in [-0.15, -0.1) is 5.10 Å². The van der Waals surface area contributed by atoms with Crippen LogP contribution in [0.3, 0.4) is 0 Å². The quantitative estimate of drug-likeness (QED) is 0.753. The molecule has 1 aliphatic rings. The molecule has 2 rings (SSSR count). The molecule has 0 radical (unpaired) electrons. The predicted molar refractivity (Wildman–Crippen MR) is 86.6 cm³/mol. The first-order valence-electron chi connectivity index (χ1n) is 8.29. The van der Waals surface area contributed by atoms with E-state index >= 15 is 0 Å². The largest absolute Gasteiger partial charge is 0.450 e. The zero-order valence-electron chi connectivity index (χ0n) is 14.7. The lowest BCUT2D eigenvalue weighted by atomic mass is 10.2. The number of nitrogens with zero attached hydrogens (tertiary/aromatic N) is 5. The summed E-state index contributed by atoms with van der Waals surface area (Å²) in [5.74, 6) is 0. The molecule has 1 aromatic rings. The molecule has 0 spiro atoms. The molecule has 7 nitrogen and oxygen atoms in total. The van der Waals surface area contributed by atoms with Crippen LogP contribution in [0.2, 0.25) is 0 Å². The summed E-state index contributed by atoms with van der Waals surface area (Å²) in [5, 5.41) is 10.8. The molecule has 1 heterocycles. The number of ether oxygens (including phenoxy) is 1. The average molecular weight is 313 g/mol. The van der Waals surface area contributed by atoms with Gasteiger partial charge in [-0.05, 0) is 36.6 Å². The molecule has 1 amide bonds. The van der Waals surface area contributed by atoms with Crippen LogP contribution in [0.4, 0.5) is 4.79 Å². The molecule has 1 saturated carbocycles. The highest BCUT2D eigenvalue weighted by Crippen LogP contribution is 2.32. The highest BCUT2D eigenvalue weighted by Gasteiger charge is 2.24. The molecule has 0 aromatic carbocycles. The third-order valence-electron chi connectivity index (χ3n) is 2.96. The van der Waals surface area contributed by atoms with Crippen molar-refractivity contribution in [1.29, 1.82) is 0 Å². The molecule has 128 valence electrons. The third kappa shape index (κ3) is 9.31. The van der Waals surface area contributed by atoms with E-state index in [2.05, 4.69) is 22.4 Å². The number of amides is 1. The van der Waals surface area contributed by atoms with Gasteiger partial charge in [0.05, 0.1) is 12.6 Å². The van der Waals surface area contributed by atoms with E-state index in [4.69, 9.17) is 4.74 Å². The van der Waals surface area contributed by atoms with Crippen molar-refractivity contribution >= 4 is 6.09 Å². The fraction of sp³-hybridized carbons (Fsp3) is 0.867. The molecule has 1 aliphatic carbocycles. The number of unbranched alkanes of at least 4 members (excludes halogenated alkanes) is 2. The van der Waals surface area contributed by atoms with Crippen LogP contribution in [0.5, 0.6) is 0 Å². The van der Waals surface area contributed by atoms with Crippen LogP contribution in [-0.4, -0.2) is 51.4 Å². The Kier molecular flexibility index (Phi) is 12.1. The molecule has 0 bridgehead atoms. The van der Waals surface area contributed by atoms with Gasteiger partial charge in [0.25, 0.3) is 0 Å². The zero-order chi connectivity index (χ0) is 16.8. The third-order valence-corrected chi connectivity index (χ3v) is 2.96. The standard InChI is InChI=1S/C9H19NO2.C4H6N4.C2H6/c1-4-6-7-8-10(3)9(11)12-5-2;1-2-4(1)8-3-5-6-7-8;1-2/h4-8H2,1-3H3;3-4H,1-2H2;1-2H3. The van der Waals surface area contributed by atoms with Gasteiger partial charge in [0.1, 0.15) is 6.33 Å². The molecule has 0 atom stereocenters. The molecule has 1 fully saturated rings. The second-order valence-corrected chi connectivity index (χ2v) is 4.85. The van der Waals surface area contributed by atoms with Gasteiger partial charge < -0.3 is 9.64 Å². The maximum Gasteiger partial charge on any atom is 0.409 e. The Bertz CT molecular complexity index is 366. The molecule has 1 aromatic heterocycles. The Labute approximate surface area is 134 Å². The normalized spacial score (nSPS) is 12.4. The summed E-state index contributed by atoms with van der Waals surface area (Å²) in [7, 11) is 1.77. The molecular weight excluding hydrogens is 282 g/mol. The molecular formula is C15H31N5O2. The van der Waals surface area contributed by atoms with Crippen molar-refractivity contribution in [2.75, 3.05) is 20.2 Å². The number of aromatic nitrogens is 4. The van der Waals surface area contributed by atoms with E-state index in [0.717, 1.165) is 13.0 Å². The molecule has 7 heteroatoms. The van der Waals surface area contributed by atoms with Gasteiger partial charge in [0, 0.05) is 13.6 Å². The van der Waals surface area contributed by atoms with Gasteiger partial charge in [-0.3, -0.25) is 0 Å². The van der Waals surface area contributed by atoms with E-state index < -0.39 is 0 Å². The number of rotatable bonds is 6. The lowest BCUT2D eigenvalue weighted by molar-refractivity contribution is 0.115. The Balaban J connectivity index is 0.000000376. The van der Waals surface area contributed by atoms with Crippen LogP contribution in [-0.2, 0) is 4.74 Å². The van der Waals surface area contributed by atoms with E-state index in [9.17, 15) is 4.79 Å². The molecule has 0 unspecified atom stereocenters. The van der Waals surface area contributed by atoms with Gasteiger partial charge in [-0.25, -0.2) is 9.48 Å². The Morgan fingerprint density at radius 1 is 1.32 bits per heavy atom. The van der Waals surface area contributed by atoms with Gasteiger partial charge >= 0.3 is 6.09 Å². The van der Waals surface area contributed by atoms with E-state index in [0.29, 0.717) is 12.6 Å². The zero-order valence-corrected chi connectivity index (χ0v) is 14.7. The fourth-order valence-corrected chi connectivity index (χ4v) is 1.60. The summed E-state index contributed by atoms with van der Waals surface area (Å²) in [4.78, 5) is 12.7. The number of hydrogen-bond acceptors (Lipinski definition) is 5. The summed E-state index contributed by atoms with van der Waals surface area (Å²) in [6.45, 7) is 9.21. The predicted octanol–water partition coefficient (Wildman–Crippen LogP) is 3.30. The Morgan fingerprint density at radius 2 is 2.00 bits per heavy atom. The first-order chi connectivity index (χ1) is 10.7. The van der Waals surface area contributed by atoms with Gasteiger partial charge in [-0.1, -0.05) is 33.6 Å². The summed E-state index contributed by atoms with van der Waals surface area (Å²) < 4.78 is 6.63. The number of carbonyl (C=O) groups is 1. The second-order valence-electron chi connectivity index (χ2n) is 4.85. The van der Waals surface area contributed by atoms with Crippen LogP contribution in [0, 0.1) is 0 Å².